The molecule has 26 heavy (non-hydrogen) atoms. The largest absolute Gasteiger partial charge is 0.379 e. The SMILES string of the molecule is [B]c1cc(NC(=O)c2csc(CN3CCOCC3)n2)c2cnn(C)c2c1. The monoisotopic (exact) mass is 367 g/mol. The minimum atomic E-state index is -0.245. The Kier molecular flexibility index (Phi) is 4.75. The fourth-order valence-electron chi connectivity index (χ4n) is 3.00. The van der Waals surface area contributed by atoms with Gasteiger partial charge in [-0.25, -0.2) is 4.98 Å². The van der Waals surface area contributed by atoms with Crippen molar-refractivity contribution >= 4 is 47.1 Å². The van der Waals surface area contributed by atoms with Crippen molar-refractivity contribution in [2.45, 2.75) is 6.54 Å². The van der Waals surface area contributed by atoms with Crippen LogP contribution < -0.4 is 10.8 Å². The van der Waals surface area contributed by atoms with Crippen LogP contribution in [0.15, 0.2) is 23.7 Å². The first kappa shape index (κ1) is 17.2. The summed E-state index contributed by atoms with van der Waals surface area (Å²) in [5.74, 6) is -0.245. The molecule has 2 aromatic heterocycles. The molecule has 4 rings (SSSR count). The number of carbonyl (C=O) groups is 1. The Labute approximate surface area is 156 Å². The third kappa shape index (κ3) is 3.51. The maximum absolute atomic E-state index is 12.6. The quantitative estimate of drug-likeness (QED) is 0.694. The molecule has 0 saturated carbocycles. The Morgan fingerprint density at radius 2 is 2.19 bits per heavy atom. The number of nitrogens with zero attached hydrogens (tertiary/aromatic N) is 4. The molecule has 0 unspecified atom stereocenters. The standard InChI is InChI=1S/C17H18BN5O2S/c1-22-15-7-11(18)6-13(12(15)8-19-22)21-17(24)14-10-26-16(20-14)9-23-2-4-25-5-3-23/h6-8,10H,2-5,9H2,1H3,(H,21,24). The number of anilines is 1. The summed E-state index contributed by atoms with van der Waals surface area (Å²) in [6.45, 7) is 4.02. The highest BCUT2D eigenvalue weighted by molar-refractivity contribution is 7.09. The molecule has 1 saturated heterocycles. The molecule has 1 fully saturated rings. The van der Waals surface area contributed by atoms with E-state index in [1.807, 2.05) is 13.1 Å². The van der Waals surface area contributed by atoms with Gasteiger partial charge in [0.1, 0.15) is 18.5 Å². The van der Waals surface area contributed by atoms with Crippen LogP contribution in [-0.4, -0.2) is 59.7 Å². The Morgan fingerprint density at radius 1 is 1.38 bits per heavy atom. The van der Waals surface area contributed by atoms with E-state index < -0.39 is 0 Å². The number of thiazole rings is 1. The van der Waals surface area contributed by atoms with Crippen LogP contribution in [0.2, 0.25) is 0 Å². The molecule has 1 N–H and O–H groups in total. The van der Waals surface area contributed by atoms with Crippen LogP contribution in [0, 0.1) is 0 Å². The van der Waals surface area contributed by atoms with E-state index in [1.54, 1.807) is 22.3 Å². The molecule has 0 aliphatic carbocycles. The van der Waals surface area contributed by atoms with E-state index in [0.717, 1.165) is 48.8 Å². The minimum Gasteiger partial charge on any atom is -0.379 e. The lowest BCUT2D eigenvalue weighted by molar-refractivity contribution is 0.0341. The van der Waals surface area contributed by atoms with E-state index in [2.05, 4.69) is 20.3 Å². The number of rotatable bonds is 4. The molecule has 132 valence electrons. The molecule has 0 atom stereocenters. The molecule has 9 heteroatoms. The van der Waals surface area contributed by atoms with E-state index in [1.165, 1.54) is 11.3 Å². The molecular formula is C17H18BN5O2S. The summed E-state index contributed by atoms with van der Waals surface area (Å²) < 4.78 is 7.08. The van der Waals surface area contributed by atoms with Crippen molar-refractivity contribution in [1.82, 2.24) is 19.7 Å². The zero-order valence-corrected chi connectivity index (χ0v) is 15.3. The lowest BCUT2D eigenvalue weighted by Gasteiger charge is -2.25. The van der Waals surface area contributed by atoms with Crippen LogP contribution in [-0.2, 0) is 18.3 Å². The molecule has 2 radical (unpaired) electrons. The molecule has 1 amide bonds. The number of fused-ring (bicyclic) bond motifs is 1. The van der Waals surface area contributed by atoms with Gasteiger partial charge in [-0.2, -0.15) is 5.10 Å². The van der Waals surface area contributed by atoms with Crippen LogP contribution in [0.1, 0.15) is 15.5 Å². The van der Waals surface area contributed by atoms with Crippen LogP contribution in [0.4, 0.5) is 5.69 Å². The summed E-state index contributed by atoms with van der Waals surface area (Å²) in [4.78, 5) is 19.4. The second-order valence-corrected chi connectivity index (χ2v) is 7.18. The summed E-state index contributed by atoms with van der Waals surface area (Å²) in [6.07, 6.45) is 1.72. The van der Waals surface area contributed by atoms with Gasteiger partial charge in [0.15, 0.2) is 0 Å². The Hall–Kier alpha value is -2.23. The van der Waals surface area contributed by atoms with Gasteiger partial charge in [-0.3, -0.25) is 14.4 Å². The molecule has 1 aliphatic heterocycles. The number of amides is 1. The van der Waals surface area contributed by atoms with Gasteiger partial charge >= 0.3 is 0 Å². The summed E-state index contributed by atoms with van der Waals surface area (Å²) in [5.41, 5.74) is 2.49. The minimum absolute atomic E-state index is 0.245. The molecule has 0 spiro atoms. The smallest absolute Gasteiger partial charge is 0.275 e. The molecule has 1 aliphatic rings. The van der Waals surface area contributed by atoms with Crippen molar-refractivity contribution in [2.75, 3.05) is 31.6 Å². The Balaban J connectivity index is 1.50. The van der Waals surface area contributed by atoms with Crippen molar-refractivity contribution in [2.24, 2.45) is 7.05 Å². The van der Waals surface area contributed by atoms with E-state index >= 15 is 0 Å². The number of aromatic nitrogens is 3. The zero-order valence-electron chi connectivity index (χ0n) is 14.4. The van der Waals surface area contributed by atoms with Crippen LogP contribution >= 0.6 is 11.3 Å². The predicted molar refractivity (Wildman–Crippen MR) is 102 cm³/mol. The normalized spacial score (nSPS) is 15.4. The fourth-order valence-corrected chi connectivity index (χ4v) is 3.81. The number of benzene rings is 1. The second kappa shape index (κ2) is 7.18. The number of ether oxygens (including phenoxy) is 1. The van der Waals surface area contributed by atoms with Crippen LogP contribution in [0.3, 0.4) is 0 Å². The zero-order chi connectivity index (χ0) is 18.1. The van der Waals surface area contributed by atoms with Gasteiger partial charge in [0.05, 0.1) is 37.2 Å². The summed E-state index contributed by atoms with van der Waals surface area (Å²) in [5, 5.41) is 10.7. The van der Waals surface area contributed by atoms with Gasteiger partial charge in [0.25, 0.3) is 5.91 Å². The molecule has 3 aromatic rings. The van der Waals surface area contributed by atoms with Gasteiger partial charge in [0, 0.05) is 30.9 Å². The molecule has 3 heterocycles. The van der Waals surface area contributed by atoms with Gasteiger partial charge in [0.2, 0.25) is 0 Å². The number of aryl methyl sites for hydroxylation is 1. The van der Waals surface area contributed by atoms with Gasteiger partial charge in [-0.15, -0.1) is 11.3 Å². The van der Waals surface area contributed by atoms with Crippen molar-refractivity contribution < 1.29 is 9.53 Å². The maximum Gasteiger partial charge on any atom is 0.275 e. The van der Waals surface area contributed by atoms with Gasteiger partial charge in [-0.1, -0.05) is 5.46 Å². The van der Waals surface area contributed by atoms with Crippen molar-refractivity contribution in [3.05, 3.63) is 34.4 Å². The first-order valence-corrected chi connectivity index (χ1v) is 9.25. The maximum atomic E-state index is 12.6. The van der Waals surface area contributed by atoms with E-state index in [0.29, 0.717) is 16.8 Å². The molecule has 0 bridgehead atoms. The fraction of sp³-hybridized carbons (Fsp3) is 0.353. The van der Waals surface area contributed by atoms with Gasteiger partial charge in [-0.05, 0) is 12.1 Å². The average Bonchev–Trinajstić information content (AvgIpc) is 3.23. The molecule has 1 aromatic carbocycles. The Bertz CT molecular complexity index is 948. The third-order valence-corrected chi connectivity index (χ3v) is 5.22. The predicted octanol–water partition coefficient (Wildman–Crippen LogP) is 0.908. The second-order valence-electron chi connectivity index (χ2n) is 6.24. The van der Waals surface area contributed by atoms with Gasteiger partial charge < -0.3 is 10.1 Å². The van der Waals surface area contributed by atoms with Crippen molar-refractivity contribution in [3.63, 3.8) is 0 Å². The molecular weight excluding hydrogens is 349 g/mol. The highest BCUT2D eigenvalue weighted by atomic mass is 32.1. The van der Waals surface area contributed by atoms with E-state index in [9.17, 15) is 4.79 Å². The highest BCUT2D eigenvalue weighted by Crippen LogP contribution is 2.22. The van der Waals surface area contributed by atoms with Crippen LogP contribution in [0.5, 0.6) is 0 Å². The molecule has 7 nitrogen and oxygen atoms in total. The summed E-state index contributed by atoms with van der Waals surface area (Å²) >= 11 is 1.50. The lowest BCUT2D eigenvalue weighted by atomic mass is 9.94. The first-order chi connectivity index (χ1) is 12.6. The number of hydrogen-bond acceptors (Lipinski definition) is 6. The third-order valence-electron chi connectivity index (χ3n) is 4.38. The topological polar surface area (TPSA) is 72.3 Å². The number of nitrogens with one attached hydrogen (secondary N) is 1. The average molecular weight is 367 g/mol. The van der Waals surface area contributed by atoms with Crippen molar-refractivity contribution in [1.29, 1.82) is 0 Å². The number of hydrogen-bond donors (Lipinski definition) is 1. The Morgan fingerprint density at radius 3 is 3.00 bits per heavy atom. The number of carbonyl (C=O) groups excluding carboxylic acids is 1. The first-order valence-electron chi connectivity index (χ1n) is 8.37. The van der Waals surface area contributed by atoms with Crippen LogP contribution in [0.25, 0.3) is 10.9 Å². The highest BCUT2D eigenvalue weighted by Gasteiger charge is 2.16. The van der Waals surface area contributed by atoms with Crippen molar-refractivity contribution in [3.8, 4) is 0 Å². The summed E-state index contributed by atoms with van der Waals surface area (Å²) in [7, 11) is 7.79. The lowest BCUT2D eigenvalue weighted by Crippen LogP contribution is -2.35. The number of morpholine rings is 1. The summed E-state index contributed by atoms with van der Waals surface area (Å²) in [6, 6.07) is 3.57. The van der Waals surface area contributed by atoms with E-state index in [-0.39, 0.29) is 5.91 Å². The van der Waals surface area contributed by atoms with E-state index in [4.69, 9.17) is 12.6 Å².